The fourth-order valence-electron chi connectivity index (χ4n) is 2.08. The van der Waals surface area contributed by atoms with E-state index in [0.29, 0.717) is 0 Å². The van der Waals surface area contributed by atoms with Crippen molar-refractivity contribution in [1.82, 2.24) is 0 Å². The number of allylic oxidation sites excluding steroid dienone is 2. The third-order valence-electron chi connectivity index (χ3n) is 3.16. The molecule has 0 saturated heterocycles. The Morgan fingerprint density at radius 1 is 1.38 bits per heavy atom. The van der Waals surface area contributed by atoms with Gasteiger partial charge in [0.2, 0.25) is 0 Å². The molecule has 76 valence electrons. The number of hydrogen-bond donors (Lipinski definition) is 0. The molecule has 0 radical (unpaired) electrons. The summed E-state index contributed by atoms with van der Waals surface area (Å²) < 4.78 is 0.788. The molecule has 0 amide bonds. The zero-order valence-electron chi connectivity index (χ0n) is 8.83. The molecule has 1 aliphatic rings. The molecule has 0 N–H and O–H groups in total. The van der Waals surface area contributed by atoms with Crippen LogP contribution >= 0.6 is 0 Å². The van der Waals surface area contributed by atoms with Gasteiger partial charge in [-0.15, -0.1) is 0 Å². The van der Waals surface area contributed by atoms with Crippen LogP contribution in [0.1, 0.15) is 46.0 Å². The van der Waals surface area contributed by atoms with E-state index in [1.807, 2.05) is 0 Å². The van der Waals surface area contributed by atoms with E-state index >= 15 is 0 Å². The number of hydrogen-bond acceptors (Lipinski definition) is 0. The van der Waals surface area contributed by atoms with Gasteiger partial charge in [-0.3, -0.25) is 0 Å². The van der Waals surface area contributed by atoms with Crippen LogP contribution in [0.4, 0.5) is 0 Å². The molecule has 0 aromatic heterocycles. The first-order valence-corrected chi connectivity index (χ1v) is 6.94. The molecular formula is C12H22I+. The molecule has 1 aliphatic carbocycles. The Bertz CT molecular complexity index is 163. The maximum absolute atomic E-state index is 2.48. The minimum atomic E-state index is 0.788. The fraction of sp³-hybridized carbons (Fsp3) is 0.833. The van der Waals surface area contributed by atoms with Gasteiger partial charge in [-0.25, -0.2) is 0 Å². The lowest BCUT2D eigenvalue weighted by molar-refractivity contribution is -0.403. The molecule has 0 nitrogen and oxygen atoms in total. The summed E-state index contributed by atoms with van der Waals surface area (Å²) in [5.41, 5.74) is 0. The SMILES string of the molecule is CCC([IH+])/C=C/C1CCC(CC)C1. The molecule has 0 heterocycles. The highest BCUT2D eigenvalue weighted by molar-refractivity contribution is 4.95. The van der Waals surface area contributed by atoms with E-state index in [-0.39, 0.29) is 0 Å². The maximum atomic E-state index is 2.48. The van der Waals surface area contributed by atoms with Gasteiger partial charge in [0.25, 0.3) is 22.6 Å². The minimum absolute atomic E-state index is 0.788. The zero-order valence-corrected chi connectivity index (χ0v) is 11.2. The van der Waals surface area contributed by atoms with Crippen LogP contribution in [0.15, 0.2) is 12.2 Å². The Morgan fingerprint density at radius 2 is 2.15 bits per heavy atom. The molecule has 0 bridgehead atoms. The van der Waals surface area contributed by atoms with E-state index in [1.54, 1.807) is 0 Å². The molecule has 1 heteroatoms. The molecule has 1 saturated carbocycles. The molecular weight excluding hydrogens is 271 g/mol. The molecule has 1 fully saturated rings. The van der Waals surface area contributed by atoms with Crippen molar-refractivity contribution in [3.63, 3.8) is 0 Å². The van der Waals surface area contributed by atoms with Gasteiger partial charge in [0.1, 0.15) is 0 Å². The monoisotopic (exact) mass is 293 g/mol. The van der Waals surface area contributed by atoms with Gasteiger partial charge in [-0.05, 0) is 43.6 Å². The van der Waals surface area contributed by atoms with Gasteiger partial charge in [-0.1, -0.05) is 26.3 Å². The Kier molecular flexibility index (Phi) is 5.37. The van der Waals surface area contributed by atoms with Crippen molar-refractivity contribution in [3.8, 4) is 0 Å². The summed E-state index contributed by atoms with van der Waals surface area (Å²) in [6, 6.07) is 0. The van der Waals surface area contributed by atoms with Gasteiger partial charge in [0.15, 0.2) is 3.92 Å². The lowest BCUT2D eigenvalue weighted by Crippen LogP contribution is -3.38. The highest BCUT2D eigenvalue weighted by atomic mass is 127. The smallest absolute Gasteiger partial charge is 0.0810 e. The van der Waals surface area contributed by atoms with Crippen molar-refractivity contribution in [2.45, 2.75) is 49.9 Å². The van der Waals surface area contributed by atoms with Crippen molar-refractivity contribution >= 4 is 0 Å². The molecule has 0 aromatic rings. The van der Waals surface area contributed by atoms with Gasteiger partial charge in [0.05, 0.1) is 0 Å². The Morgan fingerprint density at radius 3 is 2.69 bits per heavy atom. The first-order valence-electron chi connectivity index (χ1n) is 5.60. The van der Waals surface area contributed by atoms with E-state index in [0.717, 1.165) is 15.8 Å². The first kappa shape index (κ1) is 11.5. The molecule has 3 atom stereocenters. The summed E-state index contributed by atoms with van der Waals surface area (Å²) in [6.45, 7) is 4.59. The maximum Gasteiger partial charge on any atom is 0.260 e. The second-order valence-corrected chi connectivity index (χ2v) is 5.91. The van der Waals surface area contributed by atoms with Crippen LogP contribution in [0.3, 0.4) is 0 Å². The van der Waals surface area contributed by atoms with Crippen molar-refractivity contribution in [2.75, 3.05) is 0 Å². The highest BCUT2D eigenvalue weighted by Crippen LogP contribution is 2.33. The van der Waals surface area contributed by atoms with Crippen molar-refractivity contribution in [1.29, 1.82) is 0 Å². The highest BCUT2D eigenvalue weighted by Gasteiger charge is 2.21. The van der Waals surface area contributed by atoms with Crippen molar-refractivity contribution < 1.29 is 22.6 Å². The standard InChI is InChI=1S/C12H22I/c1-3-10-5-6-11(9-10)7-8-12(13)4-2/h7-8,10-13H,3-6,9H2,1-2H3/q+1/b8-7+. The number of alkyl halides is 1. The summed E-state index contributed by atoms with van der Waals surface area (Å²) >= 11 is 2.24. The summed E-state index contributed by atoms with van der Waals surface area (Å²) in [5.74, 6) is 1.92. The van der Waals surface area contributed by atoms with E-state index in [2.05, 4.69) is 48.6 Å². The van der Waals surface area contributed by atoms with Crippen LogP contribution in [0.25, 0.3) is 0 Å². The van der Waals surface area contributed by atoms with Gasteiger partial charge >= 0.3 is 0 Å². The number of halogens is 1. The predicted octanol–water partition coefficient (Wildman–Crippen LogP) is 0.433. The summed E-state index contributed by atoms with van der Waals surface area (Å²) in [4.78, 5) is 0. The molecule has 3 unspecified atom stereocenters. The third kappa shape index (κ3) is 4.01. The van der Waals surface area contributed by atoms with Crippen LogP contribution in [0, 0.1) is 11.8 Å². The molecule has 0 spiro atoms. The topological polar surface area (TPSA) is 0 Å². The van der Waals surface area contributed by atoms with Crippen molar-refractivity contribution in [2.24, 2.45) is 11.8 Å². The van der Waals surface area contributed by atoms with Gasteiger partial charge in [-0.2, -0.15) is 0 Å². The summed E-state index contributed by atoms with van der Waals surface area (Å²) in [5, 5.41) is 0. The van der Waals surface area contributed by atoms with Crippen LogP contribution in [0.2, 0.25) is 0 Å². The zero-order chi connectivity index (χ0) is 9.68. The van der Waals surface area contributed by atoms with Crippen LogP contribution in [-0.4, -0.2) is 3.92 Å². The van der Waals surface area contributed by atoms with E-state index in [9.17, 15) is 0 Å². The van der Waals surface area contributed by atoms with Crippen LogP contribution < -0.4 is 22.6 Å². The molecule has 0 aromatic carbocycles. The normalized spacial score (nSPS) is 31.3. The quantitative estimate of drug-likeness (QED) is 0.401. The van der Waals surface area contributed by atoms with Crippen molar-refractivity contribution in [3.05, 3.63) is 12.2 Å². The lowest BCUT2D eigenvalue weighted by Gasteiger charge is -2.04. The Balaban J connectivity index is 2.27. The van der Waals surface area contributed by atoms with E-state index in [1.165, 1.54) is 32.1 Å². The Hall–Kier alpha value is 0.470. The second-order valence-electron chi connectivity index (χ2n) is 4.18. The van der Waals surface area contributed by atoms with E-state index < -0.39 is 0 Å². The number of rotatable bonds is 4. The molecule has 0 aliphatic heterocycles. The average molecular weight is 293 g/mol. The fourth-order valence-corrected chi connectivity index (χ4v) is 2.34. The van der Waals surface area contributed by atoms with E-state index in [4.69, 9.17) is 0 Å². The average Bonchev–Trinajstić information content (AvgIpc) is 2.61. The first-order chi connectivity index (χ1) is 6.26. The molecule has 13 heavy (non-hydrogen) atoms. The van der Waals surface area contributed by atoms with Crippen LogP contribution in [-0.2, 0) is 0 Å². The molecule has 1 rings (SSSR count). The van der Waals surface area contributed by atoms with Gasteiger partial charge in [0, 0.05) is 0 Å². The minimum Gasteiger partial charge on any atom is -0.0810 e. The summed E-state index contributed by atoms with van der Waals surface area (Å²) in [6.07, 6.45) is 11.9. The second kappa shape index (κ2) is 6.05. The van der Waals surface area contributed by atoms with Gasteiger partial charge < -0.3 is 0 Å². The third-order valence-corrected chi connectivity index (χ3v) is 4.56. The van der Waals surface area contributed by atoms with Crippen LogP contribution in [0.5, 0.6) is 0 Å². The lowest BCUT2D eigenvalue weighted by atomic mass is 10.0. The summed E-state index contributed by atoms with van der Waals surface area (Å²) in [7, 11) is 0. The largest absolute Gasteiger partial charge is 0.260 e. The Labute approximate surface area is 96.3 Å². The predicted molar refractivity (Wildman–Crippen MR) is 55.7 cm³/mol.